The van der Waals surface area contributed by atoms with Gasteiger partial charge in [0.25, 0.3) is 5.56 Å². The summed E-state index contributed by atoms with van der Waals surface area (Å²) < 4.78 is 34.3. The number of halogens is 2. The number of fused-ring (bicyclic) bond motifs is 1. The second kappa shape index (κ2) is 11.5. The first kappa shape index (κ1) is 26.2. The van der Waals surface area contributed by atoms with Crippen molar-refractivity contribution < 1.29 is 18.3 Å². The van der Waals surface area contributed by atoms with Crippen molar-refractivity contribution in [2.75, 3.05) is 26.4 Å². The number of alkyl halides is 2. The van der Waals surface area contributed by atoms with Gasteiger partial charge in [0, 0.05) is 37.1 Å². The average molecular weight is 536 g/mol. The zero-order valence-corrected chi connectivity index (χ0v) is 21.1. The molecule has 2 aromatic carbocycles. The fourth-order valence-corrected chi connectivity index (χ4v) is 4.91. The Morgan fingerprint density at radius 3 is 2.31 bits per heavy atom. The molecule has 0 radical (unpaired) electrons. The van der Waals surface area contributed by atoms with E-state index in [0.717, 1.165) is 23.1 Å². The number of likely N-dealkylation sites (tertiary alicyclic amines) is 1. The van der Waals surface area contributed by atoms with Crippen LogP contribution in [0.15, 0.2) is 70.8 Å². The molecule has 0 spiro atoms. The summed E-state index contributed by atoms with van der Waals surface area (Å²) in [6.07, 6.45) is 5.44. The first-order valence-electron chi connectivity index (χ1n) is 12.6. The molecule has 1 saturated heterocycles. The first-order chi connectivity index (χ1) is 19.0. The zero-order chi connectivity index (χ0) is 27.4. The molecule has 39 heavy (non-hydrogen) atoms. The van der Waals surface area contributed by atoms with E-state index >= 15 is 0 Å². The van der Waals surface area contributed by atoms with E-state index < -0.39 is 30.7 Å². The molecule has 1 amide bonds. The summed E-state index contributed by atoms with van der Waals surface area (Å²) in [5, 5.41) is 0.208. The predicted molar refractivity (Wildman–Crippen MR) is 141 cm³/mol. The normalized spacial score (nSPS) is 14.2. The summed E-state index contributed by atoms with van der Waals surface area (Å²) in [5.41, 5.74) is 1.88. The van der Waals surface area contributed by atoms with Gasteiger partial charge in [-0.3, -0.25) is 18.7 Å². The molecule has 0 unspecified atom stereocenters. The minimum Gasteiger partial charge on any atom is -0.485 e. The van der Waals surface area contributed by atoms with Crippen LogP contribution in [0.25, 0.3) is 22.0 Å². The van der Waals surface area contributed by atoms with Crippen LogP contribution >= 0.6 is 0 Å². The van der Waals surface area contributed by atoms with Crippen molar-refractivity contribution in [1.82, 2.24) is 24.0 Å². The van der Waals surface area contributed by atoms with Crippen LogP contribution in [0, 0.1) is 0 Å². The summed E-state index contributed by atoms with van der Waals surface area (Å²) in [6, 6.07) is 11.7. The third-order valence-corrected chi connectivity index (χ3v) is 6.99. The summed E-state index contributed by atoms with van der Waals surface area (Å²) in [7, 11) is 0. The number of hydrogen-bond donors (Lipinski definition) is 0. The molecule has 1 aliphatic rings. The molecule has 3 heterocycles. The number of amides is 1. The number of rotatable bonds is 9. The van der Waals surface area contributed by atoms with Crippen molar-refractivity contribution in [1.29, 1.82) is 0 Å². The second-order valence-electron chi connectivity index (χ2n) is 9.47. The highest BCUT2D eigenvalue weighted by Crippen LogP contribution is 2.26. The van der Waals surface area contributed by atoms with E-state index in [-0.39, 0.29) is 23.7 Å². The molecule has 11 heteroatoms. The molecule has 0 saturated carbocycles. The molecule has 1 fully saturated rings. The molecular weight excluding hydrogens is 508 g/mol. The van der Waals surface area contributed by atoms with Crippen LogP contribution in [0.3, 0.4) is 0 Å². The van der Waals surface area contributed by atoms with Crippen LogP contribution in [-0.4, -0.2) is 63.0 Å². The Balaban J connectivity index is 1.57. The molecular formula is C28H27F2N5O4. The van der Waals surface area contributed by atoms with Crippen LogP contribution in [0.1, 0.15) is 24.4 Å². The van der Waals surface area contributed by atoms with E-state index in [9.17, 15) is 23.2 Å². The Kier molecular flexibility index (Phi) is 7.76. The Morgan fingerprint density at radius 1 is 0.974 bits per heavy atom. The Labute approximate surface area is 222 Å². The molecule has 0 bridgehead atoms. The number of hydrogen-bond acceptors (Lipinski definition) is 6. The summed E-state index contributed by atoms with van der Waals surface area (Å²) in [5.74, 6) is 0.141. The van der Waals surface area contributed by atoms with Crippen LogP contribution in [0.5, 0.6) is 5.75 Å². The average Bonchev–Trinajstić information content (AvgIpc) is 2.99. The van der Waals surface area contributed by atoms with Crippen molar-refractivity contribution >= 4 is 17.3 Å². The number of carbonyl (C=O) groups excluding carboxylic acids is 1. The van der Waals surface area contributed by atoms with E-state index in [1.807, 2.05) is 24.3 Å². The van der Waals surface area contributed by atoms with Gasteiger partial charge in [-0.05, 0) is 42.2 Å². The van der Waals surface area contributed by atoms with Crippen LogP contribution in [0.4, 0.5) is 8.78 Å². The van der Waals surface area contributed by atoms with Gasteiger partial charge < -0.3 is 9.64 Å². The molecule has 0 N–H and O–H groups in total. The SMILES string of the molecule is O=CN1CCC(n2c(=O)n(Cc3ccc(-c4cncnc4)cc3)c(=O)c3cc(OC(CF)CF)ccc32)CC1. The zero-order valence-electron chi connectivity index (χ0n) is 21.1. The summed E-state index contributed by atoms with van der Waals surface area (Å²) in [4.78, 5) is 48.3. The molecule has 0 atom stereocenters. The monoisotopic (exact) mass is 535 g/mol. The first-order valence-corrected chi connectivity index (χ1v) is 12.6. The molecule has 0 aliphatic carbocycles. The number of piperidine rings is 1. The molecule has 9 nitrogen and oxygen atoms in total. The van der Waals surface area contributed by atoms with Crippen LogP contribution < -0.4 is 16.0 Å². The van der Waals surface area contributed by atoms with Crippen molar-refractivity contribution in [3.8, 4) is 16.9 Å². The number of nitrogens with zero attached hydrogens (tertiary/aromatic N) is 5. The van der Waals surface area contributed by atoms with Gasteiger partial charge in [-0.1, -0.05) is 24.3 Å². The maximum atomic E-state index is 13.8. The molecule has 5 rings (SSSR count). The van der Waals surface area contributed by atoms with E-state index in [1.165, 1.54) is 23.0 Å². The lowest BCUT2D eigenvalue weighted by molar-refractivity contribution is -0.119. The molecule has 202 valence electrons. The Bertz CT molecular complexity index is 1560. The van der Waals surface area contributed by atoms with E-state index in [2.05, 4.69) is 9.97 Å². The fraction of sp³-hybridized carbons (Fsp3) is 0.321. The second-order valence-corrected chi connectivity index (χ2v) is 9.47. The van der Waals surface area contributed by atoms with Crippen LogP contribution in [-0.2, 0) is 11.3 Å². The van der Waals surface area contributed by atoms with E-state index in [1.54, 1.807) is 27.9 Å². The molecule has 1 aliphatic heterocycles. The molecule has 2 aromatic heterocycles. The minimum atomic E-state index is -1.28. The fourth-order valence-electron chi connectivity index (χ4n) is 4.91. The van der Waals surface area contributed by atoms with Crippen molar-refractivity contribution in [3.63, 3.8) is 0 Å². The van der Waals surface area contributed by atoms with Gasteiger partial charge in [-0.15, -0.1) is 0 Å². The van der Waals surface area contributed by atoms with Gasteiger partial charge in [0.1, 0.15) is 25.4 Å². The highest BCUT2D eigenvalue weighted by atomic mass is 19.1. The number of benzene rings is 2. The summed E-state index contributed by atoms with van der Waals surface area (Å²) >= 11 is 0. The highest BCUT2D eigenvalue weighted by molar-refractivity contribution is 5.80. The van der Waals surface area contributed by atoms with Gasteiger partial charge in [-0.2, -0.15) is 0 Å². The third-order valence-electron chi connectivity index (χ3n) is 6.99. The maximum Gasteiger partial charge on any atom is 0.332 e. The van der Waals surface area contributed by atoms with E-state index in [4.69, 9.17) is 4.74 Å². The topological polar surface area (TPSA) is 99.3 Å². The Hall–Kier alpha value is -4.41. The van der Waals surface area contributed by atoms with Gasteiger partial charge in [0.15, 0.2) is 6.10 Å². The van der Waals surface area contributed by atoms with E-state index in [0.29, 0.717) is 31.4 Å². The standard InChI is InChI=1S/C28H27F2N5O4/c29-12-24(13-30)39-23-5-6-26-25(11-23)27(37)34(28(38)35(26)22-7-9-33(18-36)10-8-22)16-19-1-3-20(4-2-19)21-14-31-17-32-15-21/h1-6,11,14-15,17-18,22,24H,7-10,12-13,16H2. The number of ether oxygens (including phenoxy) is 1. The quantitative estimate of drug-likeness (QED) is 0.306. The predicted octanol–water partition coefficient (Wildman–Crippen LogP) is 3.15. The Morgan fingerprint density at radius 2 is 1.67 bits per heavy atom. The third kappa shape index (κ3) is 5.43. The number of aromatic nitrogens is 4. The minimum absolute atomic E-state index is 0.0228. The van der Waals surface area contributed by atoms with Gasteiger partial charge >= 0.3 is 5.69 Å². The smallest absolute Gasteiger partial charge is 0.332 e. The van der Waals surface area contributed by atoms with Gasteiger partial charge in [-0.25, -0.2) is 23.5 Å². The van der Waals surface area contributed by atoms with Crippen LogP contribution in [0.2, 0.25) is 0 Å². The number of carbonyl (C=O) groups is 1. The highest BCUT2D eigenvalue weighted by Gasteiger charge is 2.25. The van der Waals surface area contributed by atoms with Crippen molar-refractivity contribution in [3.05, 3.63) is 87.6 Å². The van der Waals surface area contributed by atoms with Gasteiger partial charge in [0.05, 0.1) is 17.4 Å². The largest absolute Gasteiger partial charge is 0.485 e. The maximum absolute atomic E-state index is 13.8. The van der Waals surface area contributed by atoms with Gasteiger partial charge in [0.2, 0.25) is 6.41 Å². The lowest BCUT2D eigenvalue weighted by Gasteiger charge is -2.31. The lowest BCUT2D eigenvalue weighted by atomic mass is 10.0. The molecule has 4 aromatic rings. The summed E-state index contributed by atoms with van der Waals surface area (Å²) in [6.45, 7) is -1.03. The van der Waals surface area contributed by atoms with Crippen molar-refractivity contribution in [2.45, 2.75) is 31.5 Å². The lowest BCUT2D eigenvalue weighted by Crippen LogP contribution is -2.44. The van der Waals surface area contributed by atoms with Crippen molar-refractivity contribution in [2.24, 2.45) is 0 Å².